The molecular formula is C20H21N7O2. The van der Waals surface area contributed by atoms with E-state index in [0.717, 1.165) is 16.9 Å². The maximum atomic E-state index is 5.58. The first-order chi connectivity index (χ1) is 14.1. The second-order valence-electron chi connectivity index (χ2n) is 6.38. The quantitative estimate of drug-likeness (QED) is 0.540. The molecule has 0 aliphatic rings. The van der Waals surface area contributed by atoms with Crippen LogP contribution in [-0.2, 0) is 7.05 Å². The molecule has 0 radical (unpaired) electrons. The summed E-state index contributed by atoms with van der Waals surface area (Å²) in [4.78, 5) is 13.1. The molecule has 1 N–H and O–H groups in total. The van der Waals surface area contributed by atoms with E-state index in [1.54, 1.807) is 31.4 Å². The highest BCUT2D eigenvalue weighted by Crippen LogP contribution is 2.30. The van der Waals surface area contributed by atoms with Crippen LogP contribution in [0.15, 0.2) is 49.1 Å². The van der Waals surface area contributed by atoms with Gasteiger partial charge in [-0.15, -0.1) is 5.10 Å². The molecule has 1 aromatic carbocycles. The molecule has 0 amide bonds. The van der Waals surface area contributed by atoms with Crippen molar-refractivity contribution in [3.05, 3.63) is 54.7 Å². The number of nitrogens with zero attached hydrogens (tertiary/aromatic N) is 6. The molecule has 0 bridgehead atoms. The van der Waals surface area contributed by atoms with E-state index >= 15 is 0 Å². The molecule has 9 nitrogen and oxygen atoms in total. The number of ether oxygens (including phenoxy) is 2. The van der Waals surface area contributed by atoms with E-state index in [1.807, 2.05) is 55.1 Å². The van der Waals surface area contributed by atoms with E-state index in [2.05, 4.69) is 25.4 Å². The van der Waals surface area contributed by atoms with Crippen molar-refractivity contribution in [2.75, 3.05) is 19.5 Å². The molecule has 3 aromatic heterocycles. The smallest absolute Gasteiger partial charge is 0.237 e. The van der Waals surface area contributed by atoms with Crippen LogP contribution in [-0.4, -0.2) is 43.5 Å². The minimum absolute atomic E-state index is 0.485. The molecule has 4 rings (SSSR count). The van der Waals surface area contributed by atoms with Gasteiger partial charge in [-0.05, 0) is 37.3 Å². The molecule has 148 valence electrons. The Labute approximate surface area is 168 Å². The van der Waals surface area contributed by atoms with E-state index in [9.17, 15) is 0 Å². The fraction of sp³-hybridized carbons (Fsp3) is 0.200. The average Bonchev–Trinajstić information content (AvgIpc) is 3.33. The second-order valence-corrected chi connectivity index (χ2v) is 6.38. The molecule has 0 aliphatic heterocycles. The van der Waals surface area contributed by atoms with Gasteiger partial charge in [0.25, 0.3) is 0 Å². The van der Waals surface area contributed by atoms with Crippen molar-refractivity contribution >= 4 is 11.6 Å². The monoisotopic (exact) mass is 391 g/mol. The largest absolute Gasteiger partial charge is 0.495 e. The lowest BCUT2D eigenvalue weighted by Crippen LogP contribution is -2.02. The third-order valence-corrected chi connectivity index (χ3v) is 4.40. The highest BCUT2D eigenvalue weighted by atomic mass is 16.5. The minimum atomic E-state index is 0.485. The van der Waals surface area contributed by atoms with Crippen molar-refractivity contribution in [3.63, 3.8) is 0 Å². The van der Waals surface area contributed by atoms with Crippen molar-refractivity contribution in [3.8, 4) is 28.7 Å². The molecule has 3 heterocycles. The van der Waals surface area contributed by atoms with Crippen LogP contribution in [0, 0.1) is 6.92 Å². The number of anilines is 2. The van der Waals surface area contributed by atoms with Crippen molar-refractivity contribution in [1.29, 1.82) is 0 Å². The van der Waals surface area contributed by atoms with Gasteiger partial charge < -0.3 is 19.4 Å². The summed E-state index contributed by atoms with van der Waals surface area (Å²) in [5.74, 6) is 2.33. The Balaban J connectivity index is 1.66. The predicted octanol–water partition coefficient (Wildman–Crippen LogP) is 3.13. The van der Waals surface area contributed by atoms with Gasteiger partial charge in [-0.2, -0.15) is 4.98 Å². The van der Waals surface area contributed by atoms with Crippen molar-refractivity contribution < 1.29 is 9.47 Å². The zero-order valence-electron chi connectivity index (χ0n) is 16.6. The zero-order valence-corrected chi connectivity index (χ0v) is 16.6. The van der Waals surface area contributed by atoms with Crippen LogP contribution in [0.2, 0.25) is 0 Å². The summed E-state index contributed by atoms with van der Waals surface area (Å²) < 4.78 is 14.5. The molecule has 0 unspecified atom stereocenters. The summed E-state index contributed by atoms with van der Waals surface area (Å²) in [5, 5.41) is 7.73. The number of pyridine rings is 1. The Kier molecular flexibility index (Phi) is 4.86. The third kappa shape index (κ3) is 3.62. The number of methoxy groups -OCH3 is 2. The molecule has 0 fully saturated rings. The van der Waals surface area contributed by atoms with Crippen molar-refractivity contribution in [1.82, 2.24) is 29.3 Å². The molecular weight excluding hydrogens is 370 g/mol. The number of hydrogen-bond acceptors (Lipinski definition) is 7. The predicted molar refractivity (Wildman–Crippen MR) is 109 cm³/mol. The highest BCUT2D eigenvalue weighted by Gasteiger charge is 2.14. The van der Waals surface area contributed by atoms with Crippen LogP contribution in [0.3, 0.4) is 0 Å². The lowest BCUT2D eigenvalue weighted by molar-refractivity contribution is 0.400. The molecule has 0 saturated heterocycles. The van der Waals surface area contributed by atoms with Gasteiger partial charge in [-0.1, -0.05) is 0 Å². The van der Waals surface area contributed by atoms with E-state index in [0.29, 0.717) is 29.1 Å². The lowest BCUT2D eigenvalue weighted by atomic mass is 10.1. The summed E-state index contributed by atoms with van der Waals surface area (Å²) in [5.41, 5.74) is 3.37. The first-order valence-corrected chi connectivity index (χ1v) is 8.95. The third-order valence-electron chi connectivity index (χ3n) is 4.40. The fourth-order valence-corrected chi connectivity index (χ4v) is 2.97. The SMILES string of the molecule is COc1cc(-c2nc(Nc3cccnc3OC)n(C)n2)ccc1-n1cnc(C)c1. The number of imidazole rings is 1. The topological polar surface area (TPSA) is 91.9 Å². The van der Waals surface area contributed by atoms with E-state index in [1.165, 1.54) is 0 Å². The molecule has 0 saturated carbocycles. The van der Waals surface area contributed by atoms with Crippen LogP contribution in [0.1, 0.15) is 5.69 Å². The lowest BCUT2D eigenvalue weighted by Gasteiger charge is -2.10. The van der Waals surface area contributed by atoms with Crippen LogP contribution < -0.4 is 14.8 Å². The van der Waals surface area contributed by atoms with E-state index in [-0.39, 0.29) is 0 Å². The molecule has 0 aliphatic carbocycles. The first kappa shape index (κ1) is 18.5. The van der Waals surface area contributed by atoms with Gasteiger partial charge in [0.15, 0.2) is 5.82 Å². The first-order valence-electron chi connectivity index (χ1n) is 8.95. The van der Waals surface area contributed by atoms with Gasteiger partial charge >= 0.3 is 0 Å². The highest BCUT2D eigenvalue weighted by molar-refractivity contribution is 5.66. The van der Waals surface area contributed by atoms with Crippen LogP contribution >= 0.6 is 0 Å². The van der Waals surface area contributed by atoms with Crippen molar-refractivity contribution in [2.45, 2.75) is 6.92 Å². The molecule has 29 heavy (non-hydrogen) atoms. The summed E-state index contributed by atoms with van der Waals surface area (Å²) in [6.45, 7) is 1.95. The Morgan fingerprint density at radius 3 is 2.66 bits per heavy atom. The number of benzene rings is 1. The molecule has 4 aromatic rings. The maximum absolute atomic E-state index is 5.58. The standard InChI is InChI=1S/C20H21N7O2/c1-13-11-27(12-22-13)16-8-7-14(10-17(16)28-3)18-24-20(26(2)25-18)23-15-6-5-9-21-19(15)29-4/h5-12H,1-4H3,(H,23,24,25). The van der Waals surface area contributed by atoms with Gasteiger partial charge in [-0.3, -0.25) is 0 Å². The van der Waals surface area contributed by atoms with Crippen LogP contribution in [0.4, 0.5) is 11.6 Å². The summed E-state index contributed by atoms with van der Waals surface area (Å²) in [6, 6.07) is 9.52. The number of hydrogen-bond donors (Lipinski definition) is 1. The van der Waals surface area contributed by atoms with Gasteiger partial charge in [-0.25, -0.2) is 14.6 Å². The van der Waals surface area contributed by atoms with Crippen molar-refractivity contribution in [2.24, 2.45) is 7.05 Å². The Morgan fingerprint density at radius 2 is 1.93 bits per heavy atom. The molecule has 0 atom stereocenters. The number of nitrogens with one attached hydrogen (secondary N) is 1. The Morgan fingerprint density at radius 1 is 1.07 bits per heavy atom. The Bertz CT molecular complexity index is 1150. The van der Waals surface area contributed by atoms with E-state index in [4.69, 9.17) is 9.47 Å². The van der Waals surface area contributed by atoms with E-state index < -0.39 is 0 Å². The van der Waals surface area contributed by atoms with Gasteiger partial charge in [0.05, 0.1) is 31.9 Å². The molecule has 0 spiro atoms. The number of aromatic nitrogens is 6. The van der Waals surface area contributed by atoms with Gasteiger partial charge in [0, 0.05) is 25.0 Å². The van der Waals surface area contributed by atoms with Crippen LogP contribution in [0.5, 0.6) is 11.6 Å². The summed E-state index contributed by atoms with van der Waals surface area (Å²) >= 11 is 0. The number of aryl methyl sites for hydroxylation is 2. The fourth-order valence-electron chi connectivity index (χ4n) is 2.97. The summed E-state index contributed by atoms with van der Waals surface area (Å²) in [6.07, 6.45) is 5.37. The maximum Gasteiger partial charge on any atom is 0.237 e. The zero-order chi connectivity index (χ0) is 20.4. The number of rotatable bonds is 6. The Hall–Kier alpha value is -3.88. The van der Waals surface area contributed by atoms with Gasteiger partial charge in [0.1, 0.15) is 11.4 Å². The van der Waals surface area contributed by atoms with Gasteiger partial charge in [0.2, 0.25) is 11.8 Å². The summed E-state index contributed by atoms with van der Waals surface area (Å²) in [7, 11) is 5.03. The molecule has 9 heteroatoms. The van der Waals surface area contributed by atoms with Crippen LogP contribution in [0.25, 0.3) is 17.1 Å². The minimum Gasteiger partial charge on any atom is -0.495 e. The average molecular weight is 391 g/mol. The second kappa shape index (κ2) is 7.63. The normalized spacial score (nSPS) is 10.8.